The van der Waals surface area contributed by atoms with Crippen molar-refractivity contribution >= 4 is 5.78 Å². The first-order valence-electron chi connectivity index (χ1n) is 6.00. The van der Waals surface area contributed by atoms with Crippen LogP contribution in [0.25, 0.3) is 0 Å². The Balaban J connectivity index is 2.68. The maximum atomic E-state index is 12.1. The molecule has 2 heteroatoms. The van der Waals surface area contributed by atoms with E-state index in [-0.39, 0.29) is 5.78 Å². The van der Waals surface area contributed by atoms with Crippen LogP contribution in [0.4, 0.5) is 0 Å². The maximum Gasteiger partial charge on any atom is 0.177 e. The van der Waals surface area contributed by atoms with Gasteiger partial charge < -0.3 is 0 Å². The van der Waals surface area contributed by atoms with E-state index in [1.54, 1.807) is 0 Å². The minimum absolute atomic E-state index is 0.230. The van der Waals surface area contributed by atoms with Crippen LogP contribution in [0.3, 0.4) is 0 Å². The molecule has 0 aliphatic heterocycles. The van der Waals surface area contributed by atoms with Gasteiger partial charge >= 0.3 is 0 Å². The van der Waals surface area contributed by atoms with Gasteiger partial charge in [-0.1, -0.05) is 38.1 Å². The maximum absolute atomic E-state index is 12.1. The number of aryl methyl sites for hydroxylation is 1. The van der Waals surface area contributed by atoms with Gasteiger partial charge in [-0.25, -0.2) is 0 Å². The molecule has 0 heterocycles. The number of nitrogens with zero attached hydrogens (tertiary/aromatic N) is 1. The van der Waals surface area contributed by atoms with Crippen molar-refractivity contribution in [2.24, 2.45) is 0 Å². The smallest absolute Gasteiger partial charge is 0.177 e. The van der Waals surface area contributed by atoms with Gasteiger partial charge in [0.1, 0.15) is 0 Å². The zero-order chi connectivity index (χ0) is 12.0. The fourth-order valence-corrected chi connectivity index (χ4v) is 1.84. The first kappa shape index (κ1) is 12.9. The summed E-state index contributed by atoms with van der Waals surface area (Å²) in [4.78, 5) is 14.3. The van der Waals surface area contributed by atoms with Crippen molar-refractivity contribution in [2.75, 3.05) is 19.6 Å². The van der Waals surface area contributed by atoms with Crippen molar-refractivity contribution in [3.8, 4) is 0 Å². The number of likely N-dealkylation sites (N-methyl/N-ethyl adjacent to an activating group) is 1. The predicted molar refractivity (Wildman–Crippen MR) is 67.9 cm³/mol. The molecule has 1 rings (SSSR count). The van der Waals surface area contributed by atoms with Crippen LogP contribution in [-0.2, 0) is 0 Å². The van der Waals surface area contributed by atoms with Crippen LogP contribution in [0, 0.1) is 6.92 Å². The molecule has 0 saturated carbocycles. The molecule has 0 bridgehead atoms. The summed E-state index contributed by atoms with van der Waals surface area (Å²) >= 11 is 0. The van der Waals surface area contributed by atoms with E-state index in [0.717, 1.165) is 30.6 Å². The molecular formula is C14H21NO. The van der Waals surface area contributed by atoms with Gasteiger partial charge in [0.25, 0.3) is 0 Å². The second kappa shape index (κ2) is 6.44. The summed E-state index contributed by atoms with van der Waals surface area (Å²) in [7, 11) is 0. The lowest BCUT2D eigenvalue weighted by molar-refractivity contribution is 0.0933. The highest BCUT2D eigenvalue weighted by atomic mass is 16.1. The topological polar surface area (TPSA) is 20.3 Å². The fraction of sp³-hybridized carbons (Fsp3) is 0.500. The molecule has 16 heavy (non-hydrogen) atoms. The number of benzene rings is 1. The van der Waals surface area contributed by atoms with E-state index < -0.39 is 0 Å². The molecule has 1 aromatic carbocycles. The van der Waals surface area contributed by atoms with E-state index in [0.29, 0.717) is 6.54 Å². The molecule has 0 aliphatic rings. The average molecular weight is 219 g/mol. The standard InChI is InChI=1S/C14H21NO/c1-4-10-15(5-2)11-14(16)13-9-7-6-8-12(13)3/h6-9H,4-5,10-11H2,1-3H3. The van der Waals surface area contributed by atoms with Crippen molar-refractivity contribution in [3.05, 3.63) is 35.4 Å². The molecule has 0 saturated heterocycles. The third-order valence-electron chi connectivity index (χ3n) is 2.80. The van der Waals surface area contributed by atoms with E-state index >= 15 is 0 Å². The van der Waals surface area contributed by atoms with Crippen LogP contribution in [-0.4, -0.2) is 30.3 Å². The summed E-state index contributed by atoms with van der Waals surface area (Å²) in [5.74, 6) is 0.230. The highest BCUT2D eigenvalue weighted by Gasteiger charge is 2.11. The Hall–Kier alpha value is -1.15. The zero-order valence-electron chi connectivity index (χ0n) is 10.5. The third-order valence-corrected chi connectivity index (χ3v) is 2.80. The van der Waals surface area contributed by atoms with Gasteiger partial charge in [-0.05, 0) is 32.0 Å². The molecule has 0 N–H and O–H groups in total. The van der Waals surface area contributed by atoms with Gasteiger partial charge in [-0.3, -0.25) is 9.69 Å². The Morgan fingerprint density at radius 1 is 1.25 bits per heavy atom. The molecule has 88 valence electrons. The fourth-order valence-electron chi connectivity index (χ4n) is 1.84. The summed E-state index contributed by atoms with van der Waals surface area (Å²) < 4.78 is 0. The molecule has 0 radical (unpaired) electrons. The SMILES string of the molecule is CCCN(CC)CC(=O)c1ccccc1C. The molecule has 0 spiro atoms. The largest absolute Gasteiger partial charge is 0.296 e. The first-order valence-corrected chi connectivity index (χ1v) is 6.00. The Kier molecular flexibility index (Phi) is 5.20. The van der Waals surface area contributed by atoms with Crippen LogP contribution < -0.4 is 0 Å². The Morgan fingerprint density at radius 2 is 1.94 bits per heavy atom. The minimum atomic E-state index is 0.230. The number of carbonyl (C=O) groups excluding carboxylic acids is 1. The van der Waals surface area contributed by atoms with Crippen molar-refractivity contribution in [1.29, 1.82) is 0 Å². The van der Waals surface area contributed by atoms with Crippen LogP contribution in [0.2, 0.25) is 0 Å². The highest BCUT2D eigenvalue weighted by molar-refractivity contribution is 5.98. The second-order valence-corrected chi connectivity index (χ2v) is 4.11. The van der Waals surface area contributed by atoms with Crippen molar-refractivity contribution in [3.63, 3.8) is 0 Å². The first-order chi connectivity index (χ1) is 7.69. The summed E-state index contributed by atoms with van der Waals surface area (Å²) in [6.07, 6.45) is 1.09. The zero-order valence-corrected chi connectivity index (χ0v) is 10.5. The van der Waals surface area contributed by atoms with E-state index in [1.807, 2.05) is 31.2 Å². The third kappa shape index (κ3) is 3.46. The van der Waals surface area contributed by atoms with Crippen LogP contribution >= 0.6 is 0 Å². The van der Waals surface area contributed by atoms with Gasteiger partial charge in [0.15, 0.2) is 5.78 Å². The number of carbonyl (C=O) groups is 1. The minimum Gasteiger partial charge on any atom is -0.296 e. The van der Waals surface area contributed by atoms with Gasteiger partial charge in [-0.2, -0.15) is 0 Å². The van der Waals surface area contributed by atoms with E-state index in [1.165, 1.54) is 0 Å². The number of Topliss-reactive ketones (excluding diaryl/α,β-unsaturated/α-hetero) is 1. The summed E-state index contributed by atoms with van der Waals surface area (Å²) in [6.45, 7) is 8.69. The molecule has 0 atom stereocenters. The number of hydrogen-bond donors (Lipinski definition) is 0. The van der Waals surface area contributed by atoms with Crippen molar-refractivity contribution in [1.82, 2.24) is 4.90 Å². The highest BCUT2D eigenvalue weighted by Crippen LogP contribution is 2.08. The lowest BCUT2D eigenvalue weighted by atomic mass is 10.0. The summed E-state index contributed by atoms with van der Waals surface area (Å²) in [5, 5.41) is 0. The Labute approximate surface area is 98.3 Å². The Morgan fingerprint density at radius 3 is 2.50 bits per heavy atom. The summed E-state index contributed by atoms with van der Waals surface area (Å²) in [6, 6.07) is 7.80. The number of ketones is 1. The average Bonchev–Trinajstić information content (AvgIpc) is 2.28. The van der Waals surface area contributed by atoms with Gasteiger partial charge in [0, 0.05) is 5.56 Å². The normalized spacial score (nSPS) is 10.8. The Bertz CT molecular complexity index is 346. The lowest BCUT2D eigenvalue weighted by Crippen LogP contribution is -2.30. The van der Waals surface area contributed by atoms with Crippen LogP contribution in [0.1, 0.15) is 36.2 Å². The number of hydrogen-bond acceptors (Lipinski definition) is 2. The number of rotatable bonds is 6. The van der Waals surface area contributed by atoms with E-state index in [2.05, 4.69) is 18.7 Å². The second-order valence-electron chi connectivity index (χ2n) is 4.11. The molecule has 0 amide bonds. The predicted octanol–water partition coefficient (Wildman–Crippen LogP) is 2.91. The van der Waals surface area contributed by atoms with Gasteiger partial charge in [0.05, 0.1) is 6.54 Å². The monoisotopic (exact) mass is 219 g/mol. The van der Waals surface area contributed by atoms with Crippen LogP contribution in [0.15, 0.2) is 24.3 Å². The van der Waals surface area contributed by atoms with Gasteiger partial charge in [0.2, 0.25) is 0 Å². The van der Waals surface area contributed by atoms with Gasteiger partial charge in [-0.15, -0.1) is 0 Å². The van der Waals surface area contributed by atoms with Crippen LogP contribution in [0.5, 0.6) is 0 Å². The molecule has 0 aliphatic carbocycles. The molecule has 2 nitrogen and oxygen atoms in total. The van der Waals surface area contributed by atoms with Crippen molar-refractivity contribution in [2.45, 2.75) is 27.2 Å². The molecule has 0 fully saturated rings. The molecule has 1 aromatic rings. The summed E-state index contributed by atoms with van der Waals surface area (Å²) in [5.41, 5.74) is 1.93. The molecule has 0 unspecified atom stereocenters. The molecule has 0 aromatic heterocycles. The van der Waals surface area contributed by atoms with Crippen molar-refractivity contribution < 1.29 is 4.79 Å². The molecular weight excluding hydrogens is 198 g/mol. The van der Waals surface area contributed by atoms with E-state index in [9.17, 15) is 4.79 Å². The quantitative estimate of drug-likeness (QED) is 0.686. The lowest BCUT2D eigenvalue weighted by Gasteiger charge is -2.18. The van der Waals surface area contributed by atoms with E-state index in [4.69, 9.17) is 0 Å².